The van der Waals surface area contributed by atoms with Crippen LogP contribution in [0.2, 0.25) is 5.02 Å². The molecule has 0 saturated heterocycles. The standard InChI is InChI=1S/C20H14ClF6N3O/c21-15-10-14(20(25,26)27)11-29-17(15)30-8-2-5-16(30)18(31)28-7-6-12-3-1-4-13(9-12)19(22,23)24/h1-5,8-11H,6-7H2,(H,28,31). The van der Waals surface area contributed by atoms with Crippen molar-refractivity contribution < 1.29 is 31.1 Å². The lowest BCUT2D eigenvalue weighted by atomic mass is 10.1. The Morgan fingerprint density at radius 2 is 1.71 bits per heavy atom. The average Bonchev–Trinajstić information content (AvgIpc) is 3.16. The molecule has 0 fully saturated rings. The first-order chi connectivity index (χ1) is 14.5. The molecule has 0 aliphatic heterocycles. The smallest absolute Gasteiger partial charge is 0.350 e. The molecule has 0 spiro atoms. The zero-order valence-corrected chi connectivity index (χ0v) is 16.3. The summed E-state index contributed by atoms with van der Waals surface area (Å²) in [6.07, 6.45) is -6.92. The molecule has 3 rings (SSSR count). The largest absolute Gasteiger partial charge is 0.417 e. The number of alkyl halides is 6. The number of nitrogens with zero attached hydrogens (tertiary/aromatic N) is 2. The molecular formula is C20H14ClF6N3O. The van der Waals surface area contributed by atoms with Crippen molar-refractivity contribution in [3.05, 3.63) is 82.3 Å². The van der Waals surface area contributed by atoms with E-state index in [1.54, 1.807) is 0 Å². The van der Waals surface area contributed by atoms with Gasteiger partial charge in [-0.05, 0) is 36.2 Å². The molecular weight excluding hydrogens is 448 g/mol. The van der Waals surface area contributed by atoms with Crippen molar-refractivity contribution in [1.29, 1.82) is 0 Å². The van der Waals surface area contributed by atoms with Gasteiger partial charge in [0.15, 0.2) is 5.82 Å². The molecule has 3 aromatic rings. The van der Waals surface area contributed by atoms with Gasteiger partial charge in [-0.25, -0.2) is 4.98 Å². The first kappa shape index (κ1) is 22.7. The van der Waals surface area contributed by atoms with Crippen LogP contribution in [0.25, 0.3) is 5.82 Å². The zero-order chi connectivity index (χ0) is 22.8. The third-order valence-corrected chi connectivity index (χ3v) is 4.59. The van der Waals surface area contributed by atoms with Crippen LogP contribution in [0.3, 0.4) is 0 Å². The number of hydrogen-bond acceptors (Lipinski definition) is 2. The number of hydrogen-bond donors (Lipinski definition) is 1. The van der Waals surface area contributed by atoms with Crippen molar-refractivity contribution >= 4 is 17.5 Å². The Bertz CT molecular complexity index is 1090. The van der Waals surface area contributed by atoms with Gasteiger partial charge in [0.25, 0.3) is 5.91 Å². The average molecular weight is 462 g/mol. The second-order valence-electron chi connectivity index (χ2n) is 6.49. The molecule has 31 heavy (non-hydrogen) atoms. The van der Waals surface area contributed by atoms with Gasteiger partial charge in [0.05, 0.1) is 16.1 Å². The van der Waals surface area contributed by atoms with Crippen LogP contribution in [0.1, 0.15) is 27.2 Å². The van der Waals surface area contributed by atoms with Gasteiger partial charge < -0.3 is 5.32 Å². The monoisotopic (exact) mass is 461 g/mol. The van der Waals surface area contributed by atoms with E-state index in [-0.39, 0.29) is 29.5 Å². The number of aromatic nitrogens is 2. The highest BCUT2D eigenvalue weighted by molar-refractivity contribution is 6.32. The number of carbonyl (C=O) groups is 1. The summed E-state index contributed by atoms with van der Waals surface area (Å²) in [5, 5.41) is 2.26. The third kappa shape index (κ3) is 5.38. The van der Waals surface area contributed by atoms with Gasteiger partial charge in [0.1, 0.15) is 5.69 Å². The number of halogens is 7. The minimum atomic E-state index is -4.62. The fourth-order valence-corrected chi connectivity index (χ4v) is 3.09. The summed E-state index contributed by atoms with van der Waals surface area (Å²) in [7, 11) is 0. The number of amides is 1. The summed E-state index contributed by atoms with van der Waals surface area (Å²) in [5.41, 5.74) is -1.37. The molecule has 11 heteroatoms. The van der Waals surface area contributed by atoms with Crippen LogP contribution in [-0.2, 0) is 18.8 Å². The summed E-state index contributed by atoms with van der Waals surface area (Å²) in [6.45, 7) is 0.0412. The second kappa shape index (κ2) is 8.62. The molecule has 1 amide bonds. The van der Waals surface area contributed by atoms with Gasteiger partial charge in [-0.15, -0.1) is 0 Å². The van der Waals surface area contributed by atoms with E-state index in [9.17, 15) is 31.1 Å². The molecule has 0 aliphatic rings. The summed E-state index contributed by atoms with van der Waals surface area (Å²) >= 11 is 5.93. The van der Waals surface area contributed by atoms with Gasteiger partial charge in [0, 0.05) is 18.9 Å². The van der Waals surface area contributed by atoms with E-state index < -0.39 is 29.4 Å². The van der Waals surface area contributed by atoms with Gasteiger partial charge in [-0.2, -0.15) is 26.3 Å². The summed E-state index contributed by atoms with van der Waals surface area (Å²) in [5.74, 6) is -0.655. The normalized spacial score (nSPS) is 12.1. The summed E-state index contributed by atoms with van der Waals surface area (Å²) < 4.78 is 77.9. The van der Waals surface area contributed by atoms with Crippen LogP contribution in [-0.4, -0.2) is 22.0 Å². The van der Waals surface area contributed by atoms with E-state index in [1.807, 2.05) is 0 Å². The fraction of sp³-hybridized carbons (Fsp3) is 0.200. The van der Waals surface area contributed by atoms with Crippen LogP contribution < -0.4 is 5.32 Å². The van der Waals surface area contributed by atoms with E-state index >= 15 is 0 Å². The highest BCUT2D eigenvalue weighted by atomic mass is 35.5. The van der Waals surface area contributed by atoms with Crippen molar-refractivity contribution in [3.63, 3.8) is 0 Å². The van der Waals surface area contributed by atoms with E-state index in [0.717, 1.165) is 12.1 Å². The summed E-state index contributed by atoms with van der Waals surface area (Å²) in [6, 6.07) is 8.35. The van der Waals surface area contributed by atoms with Crippen LogP contribution in [0.4, 0.5) is 26.3 Å². The van der Waals surface area contributed by atoms with E-state index in [1.165, 1.54) is 35.0 Å². The molecule has 0 unspecified atom stereocenters. The quantitative estimate of drug-likeness (QED) is 0.507. The number of pyridine rings is 1. The third-order valence-electron chi connectivity index (χ3n) is 4.31. The highest BCUT2D eigenvalue weighted by Gasteiger charge is 2.32. The molecule has 2 aromatic heterocycles. The minimum absolute atomic E-state index is 0.0412. The second-order valence-corrected chi connectivity index (χ2v) is 6.90. The zero-order valence-electron chi connectivity index (χ0n) is 15.6. The van der Waals surface area contributed by atoms with Crippen molar-refractivity contribution in [2.75, 3.05) is 6.54 Å². The maximum absolute atomic E-state index is 12.8. The lowest BCUT2D eigenvalue weighted by Gasteiger charge is -2.13. The van der Waals surface area contributed by atoms with Gasteiger partial charge in [-0.3, -0.25) is 9.36 Å². The van der Waals surface area contributed by atoms with E-state index in [4.69, 9.17) is 11.6 Å². The SMILES string of the molecule is O=C(NCCc1cccc(C(F)(F)F)c1)c1cccn1-c1ncc(C(F)(F)F)cc1Cl. The molecule has 1 N–H and O–H groups in total. The van der Waals surface area contributed by atoms with Gasteiger partial charge in [-0.1, -0.05) is 29.8 Å². The van der Waals surface area contributed by atoms with Crippen molar-refractivity contribution in [1.82, 2.24) is 14.9 Å². The fourth-order valence-electron chi connectivity index (χ4n) is 2.83. The highest BCUT2D eigenvalue weighted by Crippen LogP contribution is 2.32. The Morgan fingerprint density at radius 3 is 2.35 bits per heavy atom. The Morgan fingerprint density at radius 1 is 1.00 bits per heavy atom. The molecule has 1 aromatic carbocycles. The Kier molecular flexibility index (Phi) is 6.30. The first-order valence-corrected chi connectivity index (χ1v) is 9.19. The molecule has 0 radical (unpaired) electrons. The molecule has 0 saturated carbocycles. The van der Waals surface area contributed by atoms with E-state index in [0.29, 0.717) is 17.8 Å². The predicted molar refractivity (Wildman–Crippen MR) is 101 cm³/mol. The Labute approximate surface area is 177 Å². The van der Waals surface area contributed by atoms with Crippen LogP contribution in [0, 0.1) is 0 Å². The molecule has 2 heterocycles. The maximum Gasteiger partial charge on any atom is 0.417 e. The molecule has 0 bridgehead atoms. The minimum Gasteiger partial charge on any atom is -0.350 e. The van der Waals surface area contributed by atoms with Crippen molar-refractivity contribution in [2.45, 2.75) is 18.8 Å². The van der Waals surface area contributed by atoms with Gasteiger partial charge >= 0.3 is 12.4 Å². The lowest BCUT2D eigenvalue weighted by Crippen LogP contribution is -2.27. The number of benzene rings is 1. The Hall–Kier alpha value is -3.01. The molecule has 0 atom stereocenters. The first-order valence-electron chi connectivity index (χ1n) is 8.81. The van der Waals surface area contributed by atoms with Crippen LogP contribution in [0.15, 0.2) is 54.9 Å². The van der Waals surface area contributed by atoms with Gasteiger partial charge in [0.2, 0.25) is 0 Å². The molecule has 4 nitrogen and oxygen atoms in total. The van der Waals surface area contributed by atoms with E-state index in [2.05, 4.69) is 10.3 Å². The lowest BCUT2D eigenvalue weighted by molar-refractivity contribution is -0.138. The predicted octanol–water partition coefficient (Wildman–Crippen LogP) is 5.54. The van der Waals surface area contributed by atoms with Crippen LogP contribution in [0.5, 0.6) is 0 Å². The Balaban J connectivity index is 1.71. The molecule has 164 valence electrons. The summed E-state index contributed by atoms with van der Waals surface area (Å²) in [4.78, 5) is 16.2. The number of nitrogens with one attached hydrogen (secondary N) is 1. The topological polar surface area (TPSA) is 46.9 Å². The maximum atomic E-state index is 12.8. The number of rotatable bonds is 5. The molecule has 0 aliphatic carbocycles. The number of carbonyl (C=O) groups excluding carboxylic acids is 1. The van der Waals surface area contributed by atoms with Crippen LogP contribution >= 0.6 is 11.6 Å². The van der Waals surface area contributed by atoms with Crippen molar-refractivity contribution in [3.8, 4) is 5.82 Å². The van der Waals surface area contributed by atoms with Crippen molar-refractivity contribution in [2.24, 2.45) is 0 Å².